The van der Waals surface area contributed by atoms with Crippen molar-refractivity contribution >= 4 is 57.4 Å². The maximum Gasteiger partial charge on any atom is 0.453 e. The molecule has 0 unspecified atom stereocenters. The van der Waals surface area contributed by atoms with E-state index >= 15 is 0 Å². The van der Waals surface area contributed by atoms with E-state index in [1.54, 1.807) is 24.4 Å². The van der Waals surface area contributed by atoms with Crippen LogP contribution in [0.5, 0.6) is 0 Å². The maximum absolute atomic E-state index is 13.7. The molecule has 4 heterocycles. The zero-order chi connectivity index (χ0) is 32.5. The van der Waals surface area contributed by atoms with E-state index in [9.17, 15) is 36.6 Å². The summed E-state index contributed by atoms with van der Waals surface area (Å²) in [6.07, 6.45) is -7.31. The van der Waals surface area contributed by atoms with E-state index in [1.165, 1.54) is 30.3 Å². The first-order valence-electron chi connectivity index (χ1n) is 13.0. The predicted octanol–water partition coefficient (Wildman–Crippen LogP) is 6.40. The molecule has 2 aromatic carbocycles. The molecule has 45 heavy (non-hydrogen) atoms. The SMILES string of the molecule is C[C@]1(c2nc(-c3cccc(C(=O)O)c3)cs2)C(=O)Nc2nc(-c3nn(CCC(F)(F)C(F)(F)F)c4cc(Cl)ccc34)nc(N)c21. The second-order valence-corrected chi connectivity index (χ2v) is 11.6. The molecule has 4 N–H and O–H groups in total. The molecule has 1 atom stereocenters. The van der Waals surface area contributed by atoms with E-state index in [1.807, 2.05) is 0 Å². The van der Waals surface area contributed by atoms with Gasteiger partial charge in [-0.15, -0.1) is 11.3 Å². The van der Waals surface area contributed by atoms with Gasteiger partial charge in [0.15, 0.2) is 5.82 Å². The lowest BCUT2D eigenvalue weighted by Gasteiger charge is -2.20. The van der Waals surface area contributed by atoms with Crippen LogP contribution in [0.4, 0.5) is 33.6 Å². The Bertz CT molecular complexity index is 2030. The van der Waals surface area contributed by atoms with E-state index in [-0.39, 0.29) is 44.8 Å². The van der Waals surface area contributed by atoms with Crippen LogP contribution in [0, 0.1) is 0 Å². The highest BCUT2D eigenvalue weighted by atomic mass is 35.5. The lowest BCUT2D eigenvalue weighted by molar-refractivity contribution is -0.285. The number of halogens is 6. The fourth-order valence-corrected chi connectivity index (χ4v) is 6.20. The maximum atomic E-state index is 13.7. The lowest BCUT2D eigenvalue weighted by Crippen LogP contribution is -2.37. The zero-order valence-corrected chi connectivity index (χ0v) is 24.4. The number of benzene rings is 2. The Kier molecular flexibility index (Phi) is 7.04. The zero-order valence-electron chi connectivity index (χ0n) is 22.8. The van der Waals surface area contributed by atoms with E-state index in [2.05, 4.69) is 25.4 Å². The standard InChI is InChI=1S/C28H19ClF5N7O3S/c1-26(25-36-16(11-45-25)12-3-2-4-13(9-12)23(42)43)18-20(35)37-22(38-21(18)39-24(26)44)19-15-6-5-14(29)10-17(15)41(40-19)8-7-27(30,31)28(32,33)34/h2-6,9-11H,7-8H2,1H3,(H,42,43)(H3,35,37,38,39,44)/t26-/m1/s1. The second kappa shape index (κ2) is 10.4. The van der Waals surface area contributed by atoms with Crippen LogP contribution < -0.4 is 11.1 Å². The number of amides is 1. The molecule has 232 valence electrons. The number of nitrogens with two attached hydrogens (primary N) is 1. The summed E-state index contributed by atoms with van der Waals surface area (Å²) in [5, 5.41) is 18.7. The second-order valence-electron chi connectivity index (χ2n) is 10.3. The molecule has 6 rings (SSSR count). The summed E-state index contributed by atoms with van der Waals surface area (Å²) in [4.78, 5) is 38.2. The number of alkyl halides is 5. The highest BCUT2D eigenvalue weighted by molar-refractivity contribution is 7.10. The number of carboxylic acids is 1. The first kappa shape index (κ1) is 30.3. The molecule has 0 saturated heterocycles. The van der Waals surface area contributed by atoms with Gasteiger partial charge in [-0.3, -0.25) is 9.48 Å². The van der Waals surface area contributed by atoms with Crippen molar-refractivity contribution in [2.45, 2.75) is 37.4 Å². The molecule has 0 aliphatic carbocycles. The predicted molar refractivity (Wildman–Crippen MR) is 155 cm³/mol. The Morgan fingerprint density at radius 3 is 2.60 bits per heavy atom. The number of aromatic nitrogens is 5. The highest BCUT2D eigenvalue weighted by Crippen LogP contribution is 2.47. The minimum atomic E-state index is -5.74. The molecule has 0 saturated carbocycles. The number of nitrogen functional groups attached to an aromatic ring is 1. The van der Waals surface area contributed by atoms with Gasteiger partial charge in [0.25, 0.3) is 0 Å². The van der Waals surface area contributed by atoms with Crippen LogP contribution in [0.15, 0.2) is 47.8 Å². The van der Waals surface area contributed by atoms with Crippen molar-refractivity contribution in [3.8, 4) is 22.8 Å². The molecule has 0 spiro atoms. The number of hydrogen-bond donors (Lipinski definition) is 3. The van der Waals surface area contributed by atoms with Gasteiger partial charge in [-0.2, -0.15) is 27.1 Å². The van der Waals surface area contributed by atoms with Crippen molar-refractivity contribution < 1.29 is 36.6 Å². The number of carbonyl (C=O) groups excluding carboxylic acids is 1. The van der Waals surface area contributed by atoms with Crippen LogP contribution in [0.25, 0.3) is 33.7 Å². The third kappa shape index (κ3) is 5.03. The first-order valence-corrected chi connectivity index (χ1v) is 14.3. The van der Waals surface area contributed by atoms with Crippen molar-refractivity contribution in [3.05, 3.63) is 69.0 Å². The number of anilines is 2. The first-order chi connectivity index (χ1) is 21.1. The Morgan fingerprint density at radius 1 is 1.13 bits per heavy atom. The molecule has 1 amide bonds. The summed E-state index contributed by atoms with van der Waals surface area (Å²) in [6, 6.07) is 10.5. The summed E-state index contributed by atoms with van der Waals surface area (Å²) in [6.45, 7) is 0.775. The van der Waals surface area contributed by atoms with Gasteiger partial charge >= 0.3 is 18.1 Å². The van der Waals surface area contributed by atoms with Gasteiger partial charge in [-0.05, 0) is 37.3 Å². The van der Waals surface area contributed by atoms with Crippen LogP contribution in [-0.2, 0) is 16.8 Å². The Morgan fingerprint density at radius 2 is 1.89 bits per heavy atom. The average molecular weight is 664 g/mol. The largest absolute Gasteiger partial charge is 0.478 e. The number of aryl methyl sites for hydroxylation is 1. The number of carboxylic acid groups (broad SMARTS) is 1. The molecule has 3 aromatic heterocycles. The van der Waals surface area contributed by atoms with Gasteiger partial charge < -0.3 is 16.2 Å². The van der Waals surface area contributed by atoms with Crippen LogP contribution in [-0.4, -0.2) is 53.8 Å². The average Bonchev–Trinajstić information content (AvgIpc) is 3.67. The molecule has 1 aliphatic heterocycles. The van der Waals surface area contributed by atoms with E-state index in [0.717, 1.165) is 16.0 Å². The Labute approximate surface area is 258 Å². The summed E-state index contributed by atoms with van der Waals surface area (Å²) in [5.41, 5.74) is 6.36. The van der Waals surface area contributed by atoms with Crippen LogP contribution in [0.2, 0.25) is 5.02 Å². The number of nitrogens with zero attached hydrogens (tertiary/aromatic N) is 5. The molecule has 1 aliphatic rings. The minimum absolute atomic E-state index is 0.0178. The Hall–Kier alpha value is -4.70. The number of rotatable bonds is 7. The van der Waals surface area contributed by atoms with Gasteiger partial charge in [-0.1, -0.05) is 23.7 Å². The molecule has 10 nitrogen and oxygen atoms in total. The number of hydrogen-bond acceptors (Lipinski definition) is 8. The van der Waals surface area contributed by atoms with E-state index < -0.39 is 42.4 Å². The number of thiazole rings is 1. The van der Waals surface area contributed by atoms with Crippen LogP contribution in [0.3, 0.4) is 0 Å². The molecule has 5 aromatic rings. The summed E-state index contributed by atoms with van der Waals surface area (Å²) < 4.78 is 66.8. The van der Waals surface area contributed by atoms with Gasteiger partial charge in [-0.25, -0.2) is 19.7 Å². The highest BCUT2D eigenvalue weighted by Gasteiger charge is 2.57. The number of aromatic carboxylic acids is 1. The third-order valence-electron chi connectivity index (χ3n) is 7.44. The molecule has 0 radical (unpaired) electrons. The summed E-state index contributed by atoms with van der Waals surface area (Å²) in [5.74, 6) is -6.79. The molecular formula is C28H19ClF5N7O3S. The van der Waals surface area contributed by atoms with Crippen molar-refractivity contribution in [1.29, 1.82) is 0 Å². The normalized spacial score (nSPS) is 16.6. The van der Waals surface area contributed by atoms with Crippen LogP contribution in [0.1, 0.15) is 34.3 Å². The molecular weight excluding hydrogens is 645 g/mol. The summed E-state index contributed by atoms with van der Waals surface area (Å²) in [7, 11) is 0. The van der Waals surface area contributed by atoms with Crippen molar-refractivity contribution in [3.63, 3.8) is 0 Å². The number of nitrogens with one attached hydrogen (secondary N) is 1. The van der Waals surface area contributed by atoms with E-state index in [4.69, 9.17) is 17.3 Å². The lowest BCUT2D eigenvalue weighted by atomic mass is 9.85. The molecule has 17 heteroatoms. The number of carbonyl (C=O) groups is 2. The Balaban J connectivity index is 1.39. The topological polar surface area (TPSA) is 149 Å². The van der Waals surface area contributed by atoms with Crippen molar-refractivity contribution in [1.82, 2.24) is 24.7 Å². The monoisotopic (exact) mass is 663 g/mol. The number of fused-ring (bicyclic) bond motifs is 2. The minimum Gasteiger partial charge on any atom is -0.478 e. The smallest absolute Gasteiger partial charge is 0.453 e. The fraction of sp³-hybridized carbons (Fsp3) is 0.214. The fourth-order valence-electron chi connectivity index (χ4n) is 5.04. The molecule has 0 bridgehead atoms. The van der Waals surface area contributed by atoms with Crippen molar-refractivity contribution in [2.75, 3.05) is 11.1 Å². The van der Waals surface area contributed by atoms with E-state index in [0.29, 0.717) is 21.7 Å². The molecule has 0 fully saturated rings. The van der Waals surface area contributed by atoms with Gasteiger partial charge in [0.1, 0.15) is 27.8 Å². The van der Waals surface area contributed by atoms with Crippen molar-refractivity contribution in [2.24, 2.45) is 0 Å². The van der Waals surface area contributed by atoms with Crippen LogP contribution >= 0.6 is 22.9 Å². The van der Waals surface area contributed by atoms with Gasteiger partial charge in [0.05, 0.1) is 22.3 Å². The quantitative estimate of drug-likeness (QED) is 0.170. The van der Waals surface area contributed by atoms with Gasteiger partial charge in [0, 0.05) is 34.3 Å². The van der Waals surface area contributed by atoms with Gasteiger partial charge in [0.2, 0.25) is 5.91 Å². The third-order valence-corrected chi connectivity index (χ3v) is 8.74. The summed E-state index contributed by atoms with van der Waals surface area (Å²) >= 11 is 7.23.